The SMILES string of the molecule is [2H]C([2H])([2H])C1(C([2H])([2H])[2H])Cn2nc(-c3ccc(F)cn3)c(-c3c(F)cnc4n[nH]c(C)c34)c2CO1. The fraction of sp³-hybridized carbons (Fsp3) is 0.300. The van der Waals surface area contributed by atoms with Gasteiger partial charge in [0.2, 0.25) is 0 Å². The Hall–Kier alpha value is -3.20. The fourth-order valence-corrected chi connectivity index (χ4v) is 3.54. The van der Waals surface area contributed by atoms with E-state index in [2.05, 4.69) is 25.3 Å². The second-order valence-electron chi connectivity index (χ2n) is 6.83. The van der Waals surface area contributed by atoms with E-state index in [1.807, 2.05) is 0 Å². The van der Waals surface area contributed by atoms with Gasteiger partial charge >= 0.3 is 0 Å². The van der Waals surface area contributed by atoms with Crippen molar-refractivity contribution in [3.05, 3.63) is 47.5 Å². The summed E-state index contributed by atoms with van der Waals surface area (Å²) in [7, 11) is 0. The molecule has 0 aliphatic carbocycles. The van der Waals surface area contributed by atoms with Gasteiger partial charge in [-0.25, -0.2) is 13.8 Å². The number of aryl methyl sites for hydroxylation is 1. The largest absolute Gasteiger partial charge is 0.367 e. The Morgan fingerprint density at radius 2 is 2.07 bits per heavy atom. The van der Waals surface area contributed by atoms with Gasteiger partial charge in [-0.2, -0.15) is 10.2 Å². The smallest absolute Gasteiger partial charge is 0.181 e. The van der Waals surface area contributed by atoms with Gasteiger partial charge in [0.25, 0.3) is 0 Å². The van der Waals surface area contributed by atoms with E-state index < -0.39 is 44.1 Å². The number of nitrogens with zero attached hydrogens (tertiary/aromatic N) is 5. The lowest BCUT2D eigenvalue weighted by Crippen LogP contribution is -2.36. The number of H-pyrrole nitrogens is 1. The van der Waals surface area contributed by atoms with Crippen LogP contribution in [0.3, 0.4) is 0 Å². The van der Waals surface area contributed by atoms with Gasteiger partial charge in [0.05, 0.1) is 47.9 Å². The van der Waals surface area contributed by atoms with Crippen LogP contribution < -0.4 is 0 Å². The minimum atomic E-state index is -3.02. The van der Waals surface area contributed by atoms with E-state index in [-0.39, 0.29) is 33.9 Å². The van der Waals surface area contributed by atoms with Gasteiger partial charge in [-0.1, -0.05) is 0 Å². The molecule has 0 spiro atoms. The minimum absolute atomic E-state index is 0.0579. The highest BCUT2D eigenvalue weighted by molar-refractivity contribution is 5.99. The third-order valence-corrected chi connectivity index (χ3v) is 4.82. The lowest BCUT2D eigenvalue weighted by atomic mass is 9.97. The predicted octanol–water partition coefficient (Wildman–Crippen LogP) is 3.78. The maximum atomic E-state index is 15.4. The van der Waals surface area contributed by atoms with Crippen molar-refractivity contribution in [1.82, 2.24) is 29.9 Å². The molecule has 9 heteroatoms. The summed E-state index contributed by atoms with van der Waals surface area (Å²) in [5.74, 6) is -1.32. The number of hydrogen-bond donors (Lipinski definition) is 1. The Balaban J connectivity index is 1.82. The van der Waals surface area contributed by atoms with Crippen LogP contribution in [0.15, 0.2) is 24.5 Å². The molecule has 148 valence electrons. The van der Waals surface area contributed by atoms with Crippen molar-refractivity contribution < 1.29 is 21.7 Å². The zero-order chi connectivity index (χ0) is 25.3. The molecular weight excluding hydrogens is 378 g/mol. The summed E-state index contributed by atoms with van der Waals surface area (Å²) in [6.07, 6.45) is 1.95. The number of ether oxygens (including phenoxy) is 1. The van der Waals surface area contributed by atoms with Crippen LogP contribution in [-0.2, 0) is 17.9 Å². The molecule has 5 rings (SSSR count). The molecule has 1 aliphatic rings. The third kappa shape index (κ3) is 2.80. The average Bonchev–Trinajstić information content (AvgIpc) is 3.33. The van der Waals surface area contributed by atoms with Gasteiger partial charge in [0, 0.05) is 25.0 Å². The Kier molecular flexibility index (Phi) is 2.62. The lowest BCUT2D eigenvalue weighted by molar-refractivity contribution is -0.0657. The molecule has 0 aromatic carbocycles. The van der Waals surface area contributed by atoms with Gasteiger partial charge in [0.15, 0.2) is 5.65 Å². The van der Waals surface area contributed by atoms with Crippen LogP contribution in [0.4, 0.5) is 8.78 Å². The topological polar surface area (TPSA) is 81.5 Å². The summed E-state index contributed by atoms with van der Waals surface area (Å²) in [5, 5.41) is 11.6. The molecule has 0 bridgehead atoms. The maximum Gasteiger partial charge on any atom is 0.181 e. The van der Waals surface area contributed by atoms with Crippen molar-refractivity contribution in [3.63, 3.8) is 0 Å². The molecule has 0 amide bonds. The summed E-state index contributed by atoms with van der Waals surface area (Å²) in [6, 6.07) is 2.49. The standard InChI is InChI=1S/C20H18F2N6O/c1-10-15-16(12(22)7-24-19(15)26-25-10)17-14-8-29-20(2,3)9-28(14)27-18(17)13-5-4-11(21)6-23-13/h4-7H,8-9H2,1-3H3,(H,24,25,26)/i2D3,3D3. The van der Waals surface area contributed by atoms with E-state index >= 15 is 4.39 Å². The van der Waals surface area contributed by atoms with Crippen LogP contribution in [0.25, 0.3) is 33.5 Å². The summed E-state index contributed by atoms with van der Waals surface area (Å²) in [5.41, 5.74) is -1.04. The average molecular weight is 402 g/mol. The monoisotopic (exact) mass is 402 g/mol. The first-order valence-corrected chi connectivity index (χ1v) is 8.69. The van der Waals surface area contributed by atoms with Crippen molar-refractivity contribution in [1.29, 1.82) is 0 Å². The predicted molar refractivity (Wildman–Crippen MR) is 102 cm³/mol. The van der Waals surface area contributed by atoms with Crippen LogP contribution in [0.1, 0.15) is 33.3 Å². The van der Waals surface area contributed by atoms with Gasteiger partial charge in [0.1, 0.15) is 17.3 Å². The Bertz CT molecular complexity index is 1430. The second-order valence-corrected chi connectivity index (χ2v) is 6.83. The normalized spacial score (nSPS) is 19.6. The molecule has 0 saturated heterocycles. The van der Waals surface area contributed by atoms with E-state index in [9.17, 15) is 4.39 Å². The highest BCUT2D eigenvalue weighted by atomic mass is 19.1. The third-order valence-electron chi connectivity index (χ3n) is 4.82. The van der Waals surface area contributed by atoms with E-state index in [1.165, 1.54) is 10.7 Å². The summed E-state index contributed by atoms with van der Waals surface area (Å²) >= 11 is 0. The minimum Gasteiger partial charge on any atom is -0.367 e. The van der Waals surface area contributed by atoms with Crippen LogP contribution in [0.2, 0.25) is 0 Å². The first-order chi connectivity index (χ1) is 16.3. The molecule has 0 saturated carbocycles. The van der Waals surface area contributed by atoms with Crippen LogP contribution in [0, 0.1) is 18.6 Å². The molecule has 1 aliphatic heterocycles. The first kappa shape index (κ1) is 12.4. The van der Waals surface area contributed by atoms with E-state index in [1.54, 1.807) is 6.92 Å². The zero-order valence-corrected chi connectivity index (χ0v) is 15.1. The Morgan fingerprint density at radius 1 is 1.21 bits per heavy atom. The molecule has 0 unspecified atom stereocenters. The lowest BCUT2D eigenvalue weighted by Gasteiger charge is -2.31. The van der Waals surface area contributed by atoms with Crippen LogP contribution in [0.5, 0.6) is 0 Å². The molecule has 4 aromatic rings. The van der Waals surface area contributed by atoms with Crippen molar-refractivity contribution in [2.24, 2.45) is 0 Å². The molecule has 7 nitrogen and oxygen atoms in total. The van der Waals surface area contributed by atoms with E-state index in [0.717, 1.165) is 18.5 Å². The summed E-state index contributed by atoms with van der Waals surface area (Å²) in [4.78, 5) is 8.05. The molecule has 0 atom stereocenters. The van der Waals surface area contributed by atoms with Gasteiger partial charge in [-0.15, -0.1) is 0 Å². The van der Waals surface area contributed by atoms with Crippen LogP contribution in [-0.4, -0.2) is 35.5 Å². The van der Waals surface area contributed by atoms with Crippen LogP contribution >= 0.6 is 0 Å². The fourth-order valence-electron chi connectivity index (χ4n) is 3.54. The second kappa shape index (κ2) is 6.15. The van der Waals surface area contributed by atoms with E-state index in [0.29, 0.717) is 11.1 Å². The maximum absolute atomic E-state index is 15.4. The highest BCUT2D eigenvalue weighted by Gasteiger charge is 2.33. The first-order valence-electron chi connectivity index (χ1n) is 11.7. The number of nitrogens with one attached hydrogen (secondary N) is 1. The summed E-state index contributed by atoms with van der Waals surface area (Å²) in [6.45, 7) is -5.50. The number of pyridine rings is 2. The molecule has 29 heavy (non-hydrogen) atoms. The van der Waals surface area contributed by atoms with Crippen molar-refractivity contribution in [2.45, 2.75) is 39.4 Å². The Morgan fingerprint density at radius 3 is 2.83 bits per heavy atom. The summed E-state index contributed by atoms with van der Waals surface area (Å²) < 4.78 is 83.2. The quantitative estimate of drug-likeness (QED) is 0.552. The van der Waals surface area contributed by atoms with Crippen molar-refractivity contribution in [2.75, 3.05) is 0 Å². The number of aromatic amines is 1. The molecule has 5 heterocycles. The number of fused-ring (bicyclic) bond motifs is 2. The zero-order valence-electron chi connectivity index (χ0n) is 21.1. The van der Waals surface area contributed by atoms with E-state index in [4.69, 9.17) is 13.0 Å². The van der Waals surface area contributed by atoms with Gasteiger partial charge in [-0.3, -0.25) is 14.8 Å². The Labute approximate surface area is 173 Å². The number of rotatable bonds is 2. The molecule has 0 fully saturated rings. The molecule has 1 N–H and O–H groups in total. The van der Waals surface area contributed by atoms with Gasteiger partial charge < -0.3 is 4.74 Å². The number of aromatic nitrogens is 6. The molecule has 0 radical (unpaired) electrons. The van der Waals surface area contributed by atoms with Crippen molar-refractivity contribution >= 4 is 11.0 Å². The van der Waals surface area contributed by atoms with Gasteiger partial charge in [-0.05, 0) is 32.8 Å². The van der Waals surface area contributed by atoms with Crippen molar-refractivity contribution in [3.8, 4) is 22.5 Å². The molecular formula is C20H18F2N6O. The molecule has 4 aromatic heterocycles. The highest BCUT2D eigenvalue weighted by Crippen LogP contribution is 2.41. The number of halogens is 2. The number of hydrogen-bond acceptors (Lipinski definition) is 5.